The minimum Gasteiger partial charge on any atom is -0.372 e. The molecule has 0 aliphatic heterocycles. The number of fused-ring (bicyclic) bond motifs is 5. The molecule has 1 aliphatic rings. The SMILES string of the molecule is CCN(CC)c1ccc(-c2ccc3c4c(n(C)c3c2F)-c2ccc(NC(N)=O)cc2CC4)cc1. The smallest absolute Gasteiger partial charge is 0.316 e. The van der Waals surface area contributed by atoms with E-state index in [0.717, 1.165) is 59.4 Å². The van der Waals surface area contributed by atoms with Crippen LogP contribution in [0.25, 0.3) is 33.3 Å². The number of aromatic nitrogens is 1. The highest BCUT2D eigenvalue weighted by Gasteiger charge is 2.26. The molecule has 0 spiro atoms. The topological polar surface area (TPSA) is 63.3 Å². The molecule has 4 aromatic rings. The van der Waals surface area contributed by atoms with Gasteiger partial charge in [0.1, 0.15) is 0 Å². The number of hydrogen-bond acceptors (Lipinski definition) is 2. The van der Waals surface area contributed by atoms with E-state index in [-0.39, 0.29) is 5.82 Å². The summed E-state index contributed by atoms with van der Waals surface area (Å²) in [5, 5.41) is 3.60. The average Bonchev–Trinajstić information content (AvgIpc) is 3.13. The van der Waals surface area contributed by atoms with Crippen molar-refractivity contribution in [3.63, 3.8) is 0 Å². The third kappa shape index (κ3) is 3.50. The standard InChI is InChI=1S/C28H29FN4O/c1-4-33(5-2)20-10-6-17(7-11-20)21-14-15-24-23-12-8-18-16-19(31-28(30)34)9-13-22(18)26(23)32(3)27(24)25(21)29/h6-7,9-11,13-16H,4-5,8,12H2,1-3H3,(H3,30,31,34). The predicted molar refractivity (Wildman–Crippen MR) is 138 cm³/mol. The van der Waals surface area contributed by atoms with E-state index in [2.05, 4.69) is 42.3 Å². The zero-order chi connectivity index (χ0) is 24.0. The van der Waals surface area contributed by atoms with Crippen molar-refractivity contribution in [2.24, 2.45) is 12.8 Å². The van der Waals surface area contributed by atoms with E-state index in [0.29, 0.717) is 16.8 Å². The summed E-state index contributed by atoms with van der Waals surface area (Å²) in [5.41, 5.74) is 13.6. The molecule has 0 saturated heterocycles. The molecule has 5 rings (SSSR count). The number of anilines is 2. The van der Waals surface area contributed by atoms with Crippen molar-refractivity contribution in [2.45, 2.75) is 26.7 Å². The quantitative estimate of drug-likeness (QED) is 0.382. The number of halogens is 1. The van der Waals surface area contributed by atoms with Gasteiger partial charge in [-0.1, -0.05) is 30.3 Å². The summed E-state index contributed by atoms with van der Waals surface area (Å²) >= 11 is 0. The molecule has 2 amide bonds. The van der Waals surface area contributed by atoms with Crippen molar-refractivity contribution >= 4 is 28.3 Å². The van der Waals surface area contributed by atoms with Crippen molar-refractivity contribution in [2.75, 3.05) is 23.3 Å². The molecule has 3 aromatic carbocycles. The summed E-state index contributed by atoms with van der Waals surface area (Å²) in [6.45, 7) is 6.14. The number of nitrogens with zero attached hydrogens (tertiary/aromatic N) is 2. The van der Waals surface area contributed by atoms with E-state index in [4.69, 9.17) is 5.73 Å². The molecule has 0 bridgehead atoms. The van der Waals surface area contributed by atoms with Crippen LogP contribution in [0.5, 0.6) is 0 Å². The fourth-order valence-corrected chi connectivity index (χ4v) is 5.35. The summed E-state index contributed by atoms with van der Waals surface area (Å²) < 4.78 is 18.0. The van der Waals surface area contributed by atoms with Gasteiger partial charge in [-0.2, -0.15) is 0 Å². The van der Waals surface area contributed by atoms with Gasteiger partial charge < -0.3 is 20.5 Å². The lowest BCUT2D eigenvalue weighted by molar-refractivity contribution is 0.259. The van der Waals surface area contributed by atoms with Crippen LogP contribution < -0.4 is 16.0 Å². The first-order valence-corrected chi connectivity index (χ1v) is 11.8. The number of carbonyl (C=O) groups is 1. The Bertz CT molecular complexity index is 1400. The summed E-state index contributed by atoms with van der Waals surface area (Å²) in [5.74, 6) is -0.196. The zero-order valence-electron chi connectivity index (χ0n) is 19.8. The van der Waals surface area contributed by atoms with Crippen LogP contribution in [-0.2, 0) is 19.9 Å². The molecular weight excluding hydrogens is 427 g/mol. The van der Waals surface area contributed by atoms with Crippen LogP contribution in [0.4, 0.5) is 20.6 Å². The average molecular weight is 457 g/mol. The molecule has 1 aliphatic carbocycles. The van der Waals surface area contributed by atoms with Gasteiger partial charge in [0.15, 0.2) is 5.82 Å². The van der Waals surface area contributed by atoms with Gasteiger partial charge in [0.25, 0.3) is 0 Å². The highest BCUT2D eigenvalue weighted by Crippen LogP contribution is 2.42. The molecule has 1 aromatic heterocycles. The lowest BCUT2D eigenvalue weighted by Crippen LogP contribution is -2.21. The molecule has 0 unspecified atom stereocenters. The van der Waals surface area contributed by atoms with E-state index in [9.17, 15) is 4.79 Å². The molecule has 6 heteroatoms. The summed E-state index contributed by atoms with van der Waals surface area (Å²) in [7, 11) is 1.93. The molecule has 174 valence electrons. The van der Waals surface area contributed by atoms with Crippen LogP contribution in [0.2, 0.25) is 0 Å². The molecule has 3 N–H and O–H groups in total. The van der Waals surface area contributed by atoms with Crippen LogP contribution in [0, 0.1) is 5.82 Å². The minimum atomic E-state index is -0.583. The van der Waals surface area contributed by atoms with Crippen LogP contribution in [0.1, 0.15) is 25.0 Å². The zero-order valence-corrected chi connectivity index (χ0v) is 19.8. The molecule has 0 radical (unpaired) electrons. The molecule has 1 heterocycles. The van der Waals surface area contributed by atoms with E-state index in [1.54, 1.807) is 0 Å². The normalized spacial score (nSPS) is 12.4. The van der Waals surface area contributed by atoms with Gasteiger partial charge in [0, 0.05) is 48.0 Å². The number of rotatable bonds is 5. The largest absolute Gasteiger partial charge is 0.372 e. The monoisotopic (exact) mass is 456 g/mol. The van der Waals surface area contributed by atoms with E-state index in [1.165, 1.54) is 5.56 Å². The summed E-state index contributed by atoms with van der Waals surface area (Å²) in [4.78, 5) is 13.5. The van der Waals surface area contributed by atoms with Crippen LogP contribution in [0.3, 0.4) is 0 Å². The number of primary amides is 1. The number of nitrogens with two attached hydrogens (primary N) is 1. The maximum Gasteiger partial charge on any atom is 0.316 e. The number of benzene rings is 3. The first kappa shape index (κ1) is 22.0. The Kier molecular flexibility index (Phi) is 5.52. The second-order valence-electron chi connectivity index (χ2n) is 8.79. The predicted octanol–water partition coefficient (Wildman–Crippen LogP) is 6.09. The maximum absolute atomic E-state index is 16.0. The lowest BCUT2D eigenvalue weighted by atomic mass is 9.88. The second-order valence-corrected chi connectivity index (χ2v) is 8.79. The Hall–Kier alpha value is -3.80. The number of urea groups is 1. The number of hydrogen-bond donors (Lipinski definition) is 2. The first-order chi connectivity index (χ1) is 16.4. The molecule has 0 saturated carbocycles. The Labute approximate surface area is 199 Å². The summed E-state index contributed by atoms with van der Waals surface area (Å²) in [6.07, 6.45) is 1.64. The Morgan fingerprint density at radius 1 is 1.03 bits per heavy atom. The lowest BCUT2D eigenvalue weighted by Gasteiger charge is -2.21. The Balaban J connectivity index is 1.60. The van der Waals surface area contributed by atoms with Gasteiger partial charge in [-0.3, -0.25) is 0 Å². The van der Waals surface area contributed by atoms with Gasteiger partial charge in [-0.15, -0.1) is 0 Å². The third-order valence-corrected chi connectivity index (χ3v) is 6.98. The van der Waals surface area contributed by atoms with Crippen molar-refractivity contribution in [1.82, 2.24) is 4.57 Å². The van der Waals surface area contributed by atoms with Crippen LogP contribution in [-0.4, -0.2) is 23.7 Å². The number of carbonyl (C=O) groups excluding carboxylic acids is 1. The van der Waals surface area contributed by atoms with Gasteiger partial charge in [0.2, 0.25) is 0 Å². The second kappa shape index (κ2) is 8.52. The van der Waals surface area contributed by atoms with Crippen LogP contribution >= 0.6 is 0 Å². The maximum atomic E-state index is 16.0. The highest BCUT2D eigenvalue weighted by atomic mass is 19.1. The fraction of sp³-hybridized carbons (Fsp3) is 0.250. The van der Waals surface area contributed by atoms with Gasteiger partial charge in [-0.05, 0) is 67.6 Å². The number of nitrogens with one attached hydrogen (secondary N) is 1. The minimum absolute atomic E-state index is 0.196. The van der Waals surface area contributed by atoms with E-state index >= 15 is 4.39 Å². The Morgan fingerprint density at radius 2 is 1.74 bits per heavy atom. The number of aryl methyl sites for hydroxylation is 3. The Morgan fingerprint density at radius 3 is 2.41 bits per heavy atom. The summed E-state index contributed by atoms with van der Waals surface area (Å²) in [6, 6.07) is 17.3. The van der Waals surface area contributed by atoms with Crippen molar-refractivity contribution < 1.29 is 9.18 Å². The van der Waals surface area contributed by atoms with Gasteiger partial charge in [-0.25, -0.2) is 9.18 Å². The highest BCUT2D eigenvalue weighted by molar-refractivity contribution is 5.97. The molecule has 5 nitrogen and oxygen atoms in total. The fourth-order valence-electron chi connectivity index (χ4n) is 5.35. The van der Waals surface area contributed by atoms with E-state index < -0.39 is 6.03 Å². The molecule has 34 heavy (non-hydrogen) atoms. The third-order valence-electron chi connectivity index (χ3n) is 6.98. The van der Waals surface area contributed by atoms with E-state index in [1.807, 2.05) is 48.0 Å². The molecule has 0 fully saturated rings. The van der Waals surface area contributed by atoms with Gasteiger partial charge in [0.05, 0.1) is 11.2 Å². The van der Waals surface area contributed by atoms with Crippen molar-refractivity contribution in [3.05, 3.63) is 71.5 Å². The van der Waals surface area contributed by atoms with Crippen molar-refractivity contribution in [1.29, 1.82) is 0 Å². The van der Waals surface area contributed by atoms with Crippen LogP contribution in [0.15, 0.2) is 54.6 Å². The first-order valence-electron chi connectivity index (χ1n) is 11.8. The molecule has 0 atom stereocenters. The van der Waals surface area contributed by atoms with Gasteiger partial charge >= 0.3 is 6.03 Å². The number of amides is 2. The molecular formula is C28H29FN4O. The van der Waals surface area contributed by atoms with Crippen molar-refractivity contribution in [3.8, 4) is 22.4 Å².